The van der Waals surface area contributed by atoms with E-state index in [1.165, 1.54) is 6.07 Å². The van der Waals surface area contributed by atoms with Crippen molar-refractivity contribution in [1.82, 2.24) is 0 Å². The fraction of sp³-hybridized carbons (Fsp3) is 0.0833. The van der Waals surface area contributed by atoms with Crippen LogP contribution in [0.4, 0.5) is 5.69 Å². The first-order chi connectivity index (χ1) is 8.56. The minimum absolute atomic E-state index is 0.297. The van der Waals surface area contributed by atoms with E-state index in [9.17, 15) is 4.79 Å². The number of nitrogen functional groups attached to an aromatic ring is 1. The molecule has 0 saturated heterocycles. The second kappa shape index (κ2) is 5.41. The van der Waals surface area contributed by atoms with Crippen molar-refractivity contribution in [3.8, 4) is 5.75 Å². The van der Waals surface area contributed by atoms with Crippen molar-refractivity contribution in [1.29, 1.82) is 0 Å². The van der Waals surface area contributed by atoms with Crippen LogP contribution in [0.5, 0.6) is 5.75 Å². The number of thiophene rings is 1. The predicted octanol–water partition coefficient (Wildman–Crippen LogP) is 2.77. The topological polar surface area (TPSA) is 78.3 Å². The second-order valence-electron chi connectivity index (χ2n) is 3.61. The van der Waals surface area contributed by atoms with E-state index >= 15 is 0 Å². The molecule has 1 heterocycles. The number of carbonyl (C=O) groups is 1. The molecular formula is C12H11BrN2O2S. The van der Waals surface area contributed by atoms with Crippen molar-refractivity contribution in [2.45, 2.75) is 6.61 Å². The molecule has 94 valence electrons. The average molecular weight is 327 g/mol. The molecule has 2 aromatic rings. The van der Waals surface area contributed by atoms with Crippen molar-refractivity contribution in [2.24, 2.45) is 5.73 Å². The van der Waals surface area contributed by atoms with E-state index in [1.54, 1.807) is 23.5 Å². The SMILES string of the molecule is NC(=O)c1cc(N)ccc1OCc1ccc(Br)s1. The second-order valence-corrected chi connectivity index (χ2v) is 6.16. The van der Waals surface area contributed by atoms with Crippen LogP contribution >= 0.6 is 27.3 Å². The Balaban J connectivity index is 2.16. The van der Waals surface area contributed by atoms with E-state index in [-0.39, 0.29) is 0 Å². The highest BCUT2D eigenvalue weighted by Gasteiger charge is 2.10. The third-order valence-electron chi connectivity index (χ3n) is 2.27. The van der Waals surface area contributed by atoms with E-state index in [4.69, 9.17) is 16.2 Å². The van der Waals surface area contributed by atoms with Crippen LogP contribution in [0.1, 0.15) is 15.2 Å². The zero-order valence-corrected chi connectivity index (χ0v) is 11.8. The van der Waals surface area contributed by atoms with Gasteiger partial charge in [0, 0.05) is 10.6 Å². The molecule has 2 rings (SSSR count). The lowest BCUT2D eigenvalue weighted by Gasteiger charge is -2.09. The van der Waals surface area contributed by atoms with Gasteiger partial charge in [-0.1, -0.05) is 0 Å². The molecule has 0 bridgehead atoms. The molecule has 0 spiro atoms. The molecule has 0 aliphatic rings. The zero-order valence-electron chi connectivity index (χ0n) is 9.35. The summed E-state index contributed by atoms with van der Waals surface area (Å²) in [6.45, 7) is 0.389. The summed E-state index contributed by atoms with van der Waals surface area (Å²) in [6.07, 6.45) is 0. The third kappa shape index (κ3) is 3.02. The summed E-state index contributed by atoms with van der Waals surface area (Å²) in [5.74, 6) is -0.106. The highest BCUT2D eigenvalue weighted by Crippen LogP contribution is 2.25. The van der Waals surface area contributed by atoms with E-state index in [1.807, 2.05) is 12.1 Å². The van der Waals surface area contributed by atoms with Gasteiger partial charge in [0.2, 0.25) is 0 Å². The van der Waals surface area contributed by atoms with Gasteiger partial charge >= 0.3 is 0 Å². The van der Waals surface area contributed by atoms with Gasteiger partial charge in [0.05, 0.1) is 9.35 Å². The molecule has 18 heavy (non-hydrogen) atoms. The van der Waals surface area contributed by atoms with Gasteiger partial charge < -0.3 is 16.2 Å². The van der Waals surface area contributed by atoms with Gasteiger partial charge in [-0.05, 0) is 46.3 Å². The van der Waals surface area contributed by atoms with Crippen LogP contribution in [-0.4, -0.2) is 5.91 Å². The van der Waals surface area contributed by atoms with Crippen LogP contribution in [0.2, 0.25) is 0 Å². The van der Waals surface area contributed by atoms with Gasteiger partial charge in [0.1, 0.15) is 12.4 Å². The molecule has 0 aliphatic carbocycles. The first-order valence-corrected chi connectivity index (χ1v) is 6.73. The van der Waals surface area contributed by atoms with Gasteiger partial charge in [-0.15, -0.1) is 11.3 Å². The Morgan fingerprint density at radius 2 is 2.11 bits per heavy atom. The molecule has 1 aromatic carbocycles. The lowest BCUT2D eigenvalue weighted by Crippen LogP contribution is -2.13. The van der Waals surface area contributed by atoms with Crippen LogP contribution in [0.15, 0.2) is 34.1 Å². The van der Waals surface area contributed by atoms with Crippen molar-refractivity contribution < 1.29 is 9.53 Å². The molecule has 0 aliphatic heterocycles. The normalized spacial score (nSPS) is 10.3. The van der Waals surface area contributed by atoms with Crippen LogP contribution in [0, 0.1) is 0 Å². The summed E-state index contributed by atoms with van der Waals surface area (Å²) in [4.78, 5) is 12.3. The summed E-state index contributed by atoms with van der Waals surface area (Å²) < 4.78 is 6.62. The van der Waals surface area contributed by atoms with Crippen LogP contribution < -0.4 is 16.2 Å². The highest BCUT2D eigenvalue weighted by atomic mass is 79.9. The van der Waals surface area contributed by atoms with Gasteiger partial charge in [-0.25, -0.2) is 0 Å². The third-order valence-corrected chi connectivity index (χ3v) is 3.87. The number of hydrogen-bond donors (Lipinski definition) is 2. The minimum Gasteiger partial charge on any atom is -0.487 e. The molecule has 4 N–H and O–H groups in total. The maximum Gasteiger partial charge on any atom is 0.252 e. The molecule has 0 atom stereocenters. The van der Waals surface area contributed by atoms with Gasteiger partial charge in [0.15, 0.2) is 0 Å². The minimum atomic E-state index is -0.551. The van der Waals surface area contributed by atoms with Gasteiger partial charge in [-0.3, -0.25) is 4.79 Å². The number of rotatable bonds is 4. The van der Waals surface area contributed by atoms with E-state index in [0.717, 1.165) is 8.66 Å². The summed E-state index contributed by atoms with van der Waals surface area (Å²) >= 11 is 4.95. The number of ether oxygens (including phenoxy) is 1. The van der Waals surface area contributed by atoms with Crippen LogP contribution in [-0.2, 0) is 6.61 Å². The quantitative estimate of drug-likeness (QED) is 0.848. The maximum absolute atomic E-state index is 11.3. The lowest BCUT2D eigenvalue weighted by molar-refractivity contribution is 0.0996. The molecule has 0 saturated carbocycles. The van der Waals surface area contributed by atoms with Crippen molar-refractivity contribution in [3.05, 3.63) is 44.6 Å². The molecular weight excluding hydrogens is 316 g/mol. The van der Waals surface area contributed by atoms with E-state index in [0.29, 0.717) is 23.6 Å². The summed E-state index contributed by atoms with van der Waals surface area (Å²) in [6, 6.07) is 8.74. The molecule has 1 amide bonds. The largest absolute Gasteiger partial charge is 0.487 e. The van der Waals surface area contributed by atoms with Gasteiger partial charge in [0.25, 0.3) is 5.91 Å². The zero-order chi connectivity index (χ0) is 13.1. The molecule has 4 nitrogen and oxygen atoms in total. The Kier molecular flexibility index (Phi) is 3.88. The Morgan fingerprint density at radius 3 is 2.72 bits per heavy atom. The first kappa shape index (κ1) is 12.9. The standard InChI is InChI=1S/C12H11BrN2O2S/c13-11-4-2-8(18-11)6-17-10-3-1-7(14)5-9(10)12(15)16/h1-5H,6,14H2,(H2,15,16). The average Bonchev–Trinajstić information content (AvgIpc) is 2.73. The Labute approximate surface area is 117 Å². The fourth-order valence-electron chi connectivity index (χ4n) is 1.44. The van der Waals surface area contributed by atoms with Crippen molar-refractivity contribution in [2.75, 3.05) is 5.73 Å². The number of anilines is 1. The van der Waals surface area contributed by atoms with Crippen molar-refractivity contribution in [3.63, 3.8) is 0 Å². The van der Waals surface area contributed by atoms with Crippen molar-refractivity contribution >= 4 is 38.9 Å². The smallest absolute Gasteiger partial charge is 0.252 e. The monoisotopic (exact) mass is 326 g/mol. The maximum atomic E-state index is 11.3. The van der Waals surface area contributed by atoms with Crippen LogP contribution in [0.3, 0.4) is 0 Å². The number of halogens is 1. The number of hydrogen-bond acceptors (Lipinski definition) is 4. The number of primary amides is 1. The number of carbonyl (C=O) groups excluding carboxylic acids is 1. The predicted molar refractivity (Wildman–Crippen MR) is 75.7 cm³/mol. The summed E-state index contributed by atoms with van der Waals surface area (Å²) in [5.41, 5.74) is 11.7. The molecule has 1 aromatic heterocycles. The molecule has 0 fully saturated rings. The highest BCUT2D eigenvalue weighted by molar-refractivity contribution is 9.11. The van der Waals surface area contributed by atoms with E-state index < -0.39 is 5.91 Å². The number of amides is 1. The summed E-state index contributed by atoms with van der Waals surface area (Å²) in [5, 5.41) is 0. The Bertz CT molecular complexity index is 583. The molecule has 6 heteroatoms. The fourth-order valence-corrected chi connectivity index (χ4v) is 2.84. The molecule has 0 unspecified atom stereocenters. The number of nitrogens with two attached hydrogens (primary N) is 2. The van der Waals surface area contributed by atoms with Crippen LogP contribution in [0.25, 0.3) is 0 Å². The Morgan fingerprint density at radius 1 is 1.33 bits per heavy atom. The summed E-state index contributed by atoms with van der Waals surface area (Å²) in [7, 11) is 0. The molecule has 0 radical (unpaired) electrons. The first-order valence-electron chi connectivity index (χ1n) is 5.12. The van der Waals surface area contributed by atoms with Gasteiger partial charge in [-0.2, -0.15) is 0 Å². The number of benzene rings is 1. The van der Waals surface area contributed by atoms with E-state index in [2.05, 4.69) is 15.9 Å². The lowest BCUT2D eigenvalue weighted by atomic mass is 10.1. The Hall–Kier alpha value is -1.53.